The highest BCUT2D eigenvalue weighted by Crippen LogP contribution is 2.41. The molecule has 17 heavy (non-hydrogen) atoms. The van der Waals surface area contributed by atoms with Crippen molar-refractivity contribution in [1.29, 1.82) is 0 Å². The molecule has 3 nitrogen and oxygen atoms in total. The molecule has 1 fully saturated rings. The minimum Gasteiger partial charge on any atom is -0.338 e. The van der Waals surface area contributed by atoms with Gasteiger partial charge in [-0.3, -0.25) is 0 Å². The van der Waals surface area contributed by atoms with E-state index in [2.05, 4.69) is 30.4 Å². The Kier molecular flexibility index (Phi) is 3.30. The van der Waals surface area contributed by atoms with Gasteiger partial charge in [0.05, 0.1) is 0 Å². The van der Waals surface area contributed by atoms with E-state index in [1.165, 1.54) is 19.3 Å². The monoisotopic (exact) mass is 235 g/mol. The number of hydrogen-bond acceptors (Lipinski definition) is 2. The largest absolute Gasteiger partial charge is 0.338 e. The molecule has 1 heterocycles. The number of rotatable bonds is 3. The summed E-state index contributed by atoms with van der Waals surface area (Å²) >= 11 is 0. The van der Waals surface area contributed by atoms with Crippen molar-refractivity contribution in [2.45, 2.75) is 57.9 Å². The summed E-state index contributed by atoms with van der Waals surface area (Å²) in [6, 6.07) is 0. The number of aromatic nitrogens is 2. The molecule has 0 aromatic carbocycles. The molecule has 0 spiro atoms. The molecule has 0 saturated heterocycles. The number of hydrogen-bond donors (Lipinski definition) is 1. The zero-order valence-corrected chi connectivity index (χ0v) is 11.4. The summed E-state index contributed by atoms with van der Waals surface area (Å²) in [4.78, 5) is 4.38. The zero-order chi connectivity index (χ0) is 12.5. The maximum atomic E-state index is 6.56. The molecular weight excluding hydrogens is 210 g/mol. The predicted molar refractivity (Wildman–Crippen MR) is 70.7 cm³/mol. The van der Waals surface area contributed by atoms with Crippen LogP contribution in [0, 0.1) is 5.41 Å². The molecule has 0 amide bonds. The number of nitrogens with two attached hydrogens (primary N) is 1. The third-order valence-electron chi connectivity index (χ3n) is 4.13. The van der Waals surface area contributed by atoms with Gasteiger partial charge in [-0.1, -0.05) is 20.3 Å². The van der Waals surface area contributed by atoms with E-state index in [0.29, 0.717) is 5.41 Å². The first-order valence-corrected chi connectivity index (χ1v) is 6.65. The molecule has 0 radical (unpaired) electrons. The van der Waals surface area contributed by atoms with Gasteiger partial charge in [0.25, 0.3) is 0 Å². The molecule has 2 N–H and O–H groups in total. The van der Waals surface area contributed by atoms with Crippen LogP contribution in [0.5, 0.6) is 0 Å². The third-order valence-corrected chi connectivity index (χ3v) is 4.13. The average Bonchev–Trinajstić information content (AvgIpc) is 2.59. The van der Waals surface area contributed by atoms with Crippen LogP contribution in [0.4, 0.5) is 0 Å². The Hall–Kier alpha value is -0.830. The molecule has 1 unspecified atom stereocenters. The van der Waals surface area contributed by atoms with Crippen molar-refractivity contribution < 1.29 is 0 Å². The summed E-state index contributed by atoms with van der Waals surface area (Å²) in [6.07, 6.45) is 10.8. The number of aryl methyl sites for hydroxylation is 2. The Morgan fingerprint density at radius 2 is 2.18 bits per heavy atom. The fraction of sp³-hybridized carbons (Fsp3) is 0.786. The van der Waals surface area contributed by atoms with E-state index in [-0.39, 0.29) is 5.54 Å². The number of nitrogens with zero attached hydrogens (tertiary/aromatic N) is 2. The number of imidazole rings is 1. The second kappa shape index (κ2) is 4.45. The first-order chi connectivity index (χ1) is 7.90. The van der Waals surface area contributed by atoms with Crippen LogP contribution < -0.4 is 5.73 Å². The van der Waals surface area contributed by atoms with Crippen LogP contribution in [0.1, 0.15) is 51.8 Å². The van der Waals surface area contributed by atoms with E-state index < -0.39 is 0 Å². The second-order valence-corrected chi connectivity index (χ2v) is 6.51. The minimum atomic E-state index is 0.0215. The topological polar surface area (TPSA) is 43.8 Å². The van der Waals surface area contributed by atoms with Crippen LogP contribution in [0.2, 0.25) is 0 Å². The summed E-state index contributed by atoms with van der Waals surface area (Å²) in [7, 11) is 2.05. The van der Waals surface area contributed by atoms with Gasteiger partial charge in [-0.25, -0.2) is 4.98 Å². The summed E-state index contributed by atoms with van der Waals surface area (Å²) in [5.74, 6) is 1.15. The van der Waals surface area contributed by atoms with Gasteiger partial charge >= 0.3 is 0 Å². The van der Waals surface area contributed by atoms with Gasteiger partial charge in [0, 0.05) is 31.4 Å². The lowest BCUT2D eigenvalue weighted by Crippen LogP contribution is -2.47. The maximum Gasteiger partial charge on any atom is 0.108 e. The molecule has 1 aliphatic rings. The lowest BCUT2D eigenvalue weighted by atomic mass is 9.67. The first kappa shape index (κ1) is 12.6. The molecule has 1 aromatic rings. The van der Waals surface area contributed by atoms with Crippen LogP contribution in [-0.2, 0) is 13.5 Å². The lowest BCUT2D eigenvalue weighted by molar-refractivity contribution is 0.143. The summed E-state index contributed by atoms with van der Waals surface area (Å²) in [6.45, 7) is 4.68. The van der Waals surface area contributed by atoms with Crippen molar-refractivity contribution in [3.05, 3.63) is 18.2 Å². The van der Waals surface area contributed by atoms with E-state index >= 15 is 0 Å². The third kappa shape index (κ3) is 3.09. The highest BCUT2D eigenvalue weighted by atomic mass is 15.0. The Labute approximate surface area is 104 Å². The van der Waals surface area contributed by atoms with E-state index in [4.69, 9.17) is 5.73 Å². The summed E-state index contributed by atoms with van der Waals surface area (Å²) < 4.78 is 2.09. The molecule has 0 bridgehead atoms. The van der Waals surface area contributed by atoms with Gasteiger partial charge < -0.3 is 10.3 Å². The van der Waals surface area contributed by atoms with E-state index in [1.54, 1.807) is 0 Å². The van der Waals surface area contributed by atoms with Crippen LogP contribution in [-0.4, -0.2) is 15.1 Å². The SMILES string of the molecule is Cn1ccnc1CCC1(N)CCCC(C)(C)C1. The highest BCUT2D eigenvalue weighted by molar-refractivity contribution is 4.99. The zero-order valence-electron chi connectivity index (χ0n) is 11.4. The second-order valence-electron chi connectivity index (χ2n) is 6.51. The molecule has 1 saturated carbocycles. The van der Waals surface area contributed by atoms with Crippen molar-refractivity contribution in [2.24, 2.45) is 18.2 Å². The van der Waals surface area contributed by atoms with Crippen LogP contribution in [0.3, 0.4) is 0 Å². The highest BCUT2D eigenvalue weighted by Gasteiger charge is 2.36. The van der Waals surface area contributed by atoms with Crippen molar-refractivity contribution in [2.75, 3.05) is 0 Å². The molecular formula is C14H25N3. The summed E-state index contributed by atoms with van der Waals surface area (Å²) in [5, 5.41) is 0. The minimum absolute atomic E-state index is 0.0215. The van der Waals surface area contributed by atoms with Crippen LogP contribution >= 0.6 is 0 Å². The van der Waals surface area contributed by atoms with E-state index in [9.17, 15) is 0 Å². The van der Waals surface area contributed by atoms with Gasteiger partial charge in [0.1, 0.15) is 5.82 Å². The predicted octanol–water partition coefficient (Wildman–Crippen LogP) is 2.65. The molecule has 1 aliphatic carbocycles. The van der Waals surface area contributed by atoms with Gasteiger partial charge in [0.15, 0.2) is 0 Å². The Morgan fingerprint density at radius 3 is 2.76 bits per heavy atom. The smallest absolute Gasteiger partial charge is 0.108 e. The van der Waals surface area contributed by atoms with Gasteiger partial charge in [-0.05, 0) is 31.1 Å². The molecule has 1 aromatic heterocycles. The van der Waals surface area contributed by atoms with Crippen LogP contribution in [0.25, 0.3) is 0 Å². The Bertz CT molecular complexity index is 381. The molecule has 0 aliphatic heterocycles. The maximum absolute atomic E-state index is 6.56. The lowest BCUT2D eigenvalue weighted by Gasteiger charge is -2.42. The Morgan fingerprint density at radius 1 is 1.41 bits per heavy atom. The molecule has 2 rings (SSSR count). The quantitative estimate of drug-likeness (QED) is 0.875. The standard InChI is InChI=1S/C14H25N3/c1-13(2)6-4-7-14(15,11-13)8-5-12-16-9-10-17(12)3/h9-10H,4-8,11,15H2,1-3H3. The molecule has 3 heteroatoms. The average molecular weight is 235 g/mol. The summed E-state index contributed by atoms with van der Waals surface area (Å²) in [5.41, 5.74) is 7.00. The van der Waals surface area contributed by atoms with Crippen molar-refractivity contribution >= 4 is 0 Å². The molecule has 96 valence electrons. The fourth-order valence-corrected chi connectivity index (χ4v) is 3.26. The fourth-order valence-electron chi connectivity index (χ4n) is 3.26. The van der Waals surface area contributed by atoms with Crippen LogP contribution in [0.15, 0.2) is 12.4 Å². The first-order valence-electron chi connectivity index (χ1n) is 6.65. The van der Waals surface area contributed by atoms with E-state index in [1.807, 2.05) is 12.4 Å². The van der Waals surface area contributed by atoms with Gasteiger partial charge in [-0.15, -0.1) is 0 Å². The normalized spacial score (nSPS) is 28.2. The van der Waals surface area contributed by atoms with Crippen molar-refractivity contribution in [1.82, 2.24) is 9.55 Å². The van der Waals surface area contributed by atoms with Gasteiger partial charge in [0.2, 0.25) is 0 Å². The van der Waals surface area contributed by atoms with Crippen molar-refractivity contribution in [3.8, 4) is 0 Å². The Balaban J connectivity index is 1.96. The van der Waals surface area contributed by atoms with Crippen molar-refractivity contribution in [3.63, 3.8) is 0 Å². The molecule has 1 atom stereocenters. The van der Waals surface area contributed by atoms with E-state index in [0.717, 1.165) is 25.1 Å². The van der Waals surface area contributed by atoms with Gasteiger partial charge in [-0.2, -0.15) is 0 Å².